The molecule has 0 saturated carbocycles. The topological polar surface area (TPSA) is 79.5 Å². The van der Waals surface area contributed by atoms with Gasteiger partial charge in [0.1, 0.15) is 11.8 Å². The lowest BCUT2D eigenvalue weighted by Gasteiger charge is -1.99. The summed E-state index contributed by atoms with van der Waals surface area (Å²) < 4.78 is 0. The first-order valence-corrected chi connectivity index (χ1v) is 4.50. The standard InChI is InChI=1S/C11H6N4O/c12-7-8-3-1-4-13-9(8)10(16)11-14-5-2-6-15-11/h1-6H. The maximum atomic E-state index is 11.9. The number of nitrogens with zero attached hydrogens (tertiary/aromatic N) is 4. The average Bonchev–Trinajstić information content (AvgIpc) is 2.39. The summed E-state index contributed by atoms with van der Waals surface area (Å²) >= 11 is 0. The van der Waals surface area contributed by atoms with Gasteiger partial charge < -0.3 is 0 Å². The summed E-state index contributed by atoms with van der Waals surface area (Å²) in [7, 11) is 0. The molecule has 0 aromatic carbocycles. The number of pyridine rings is 1. The van der Waals surface area contributed by atoms with Crippen LogP contribution in [0.1, 0.15) is 21.9 Å². The van der Waals surface area contributed by atoms with E-state index in [0.29, 0.717) is 0 Å². The first kappa shape index (κ1) is 9.93. The quantitative estimate of drug-likeness (QED) is 0.690. The minimum atomic E-state index is -0.447. The number of ketones is 1. The van der Waals surface area contributed by atoms with Crippen molar-refractivity contribution in [2.75, 3.05) is 0 Å². The average molecular weight is 210 g/mol. The lowest BCUT2D eigenvalue weighted by Crippen LogP contribution is -2.10. The van der Waals surface area contributed by atoms with Gasteiger partial charge in [-0.2, -0.15) is 5.26 Å². The maximum absolute atomic E-state index is 11.9. The van der Waals surface area contributed by atoms with Gasteiger partial charge in [-0.05, 0) is 18.2 Å². The summed E-state index contributed by atoms with van der Waals surface area (Å²) in [6, 6.07) is 6.65. The second-order valence-electron chi connectivity index (χ2n) is 2.91. The molecule has 16 heavy (non-hydrogen) atoms. The smallest absolute Gasteiger partial charge is 0.249 e. The molecule has 0 fully saturated rings. The van der Waals surface area contributed by atoms with E-state index < -0.39 is 5.78 Å². The van der Waals surface area contributed by atoms with Crippen molar-refractivity contribution < 1.29 is 4.79 Å². The summed E-state index contributed by atoms with van der Waals surface area (Å²) in [5.74, 6) is -0.407. The molecule has 0 radical (unpaired) electrons. The minimum Gasteiger partial charge on any atom is -0.283 e. The van der Waals surface area contributed by atoms with Gasteiger partial charge in [0, 0.05) is 18.6 Å². The fourth-order valence-electron chi connectivity index (χ4n) is 1.20. The molecule has 0 bridgehead atoms. The third-order valence-corrected chi connectivity index (χ3v) is 1.91. The zero-order chi connectivity index (χ0) is 11.4. The largest absolute Gasteiger partial charge is 0.283 e. The molecule has 0 atom stereocenters. The molecular weight excluding hydrogens is 204 g/mol. The van der Waals surface area contributed by atoms with Crippen LogP contribution >= 0.6 is 0 Å². The summed E-state index contributed by atoms with van der Waals surface area (Å²) in [4.78, 5) is 23.4. The number of rotatable bonds is 2. The highest BCUT2D eigenvalue weighted by Gasteiger charge is 2.16. The van der Waals surface area contributed by atoms with Crippen LogP contribution in [0.2, 0.25) is 0 Å². The Labute approximate surface area is 91.4 Å². The number of carbonyl (C=O) groups excluding carboxylic acids is 1. The zero-order valence-corrected chi connectivity index (χ0v) is 8.16. The highest BCUT2D eigenvalue weighted by Crippen LogP contribution is 2.07. The van der Waals surface area contributed by atoms with Gasteiger partial charge in [0.05, 0.1) is 5.56 Å². The molecule has 0 unspecified atom stereocenters. The Kier molecular flexibility index (Phi) is 2.65. The van der Waals surface area contributed by atoms with E-state index in [1.54, 1.807) is 12.1 Å². The normalized spacial score (nSPS) is 9.44. The zero-order valence-electron chi connectivity index (χ0n) is 8.16. The number of hydrogen-bond donors (Lipinski definition) is 0. The highest BCUT2D eigenvalue weighted by molar-refractivity contribution is 6.06. The minimum absolute atomic E-state index is 0.0395. The fraction of sp³-hybridized carbons (Fsp3) is 0. The monoisotopic (exact) mass is 210 g/mol. The second kappa shape index (κ2) is 4.28. The molecular formula is C11H6N4O. The van der Waals surface area contributed by atoms with Gasteiger partial charge in [-0.1, -0.05) is 0 Å². The Morgan fingerprint density at radius 2 is 1.81 bits per heavy atom. The van der Waals surface area contributed by atoms with E-state index in [1.165, 1.54) is 24.7 Å². The van der Waals surface area contributed by atoms with Crippen molar-refractivity contribution in [3.8, 4) is 6.07 Å². The third-order valence-electron chi connectivity index (χ3n) is 1.91. The molecule has 0 N–H and O–H groups in total. The van der Waals surface area contributed by atoms with Gasteiger partial charge in [0.25, 0.3) is 0 Å². The SMILES string of the molecule is N#Cc1cccnc1C(=O)c1ncccn1. The van der Waals surface area contributed by atoms with Crippen LogP contribution in [-0.4, -0.2) is 20.7 Å². The predicted octanol–water partition coefficient (Wildman–Crippen LogP) is 0.974. The van der Waals surface area contributed by atoms with Crippen molar-refractivity contribution in [3.63, 3.8) is 0 Å². The molecule has 0 aliphatic rings. The Morgan fingerprint density at radius 1 is 1.12 bits per heavy atom. The van der Waals surface area contributed by atoms with Crippen molar-refractivity contribution >= 4 is 5.78 Å². The predicted molar refractivity (Wildman–Crippen MR) is 54.4 cm³/mol. The summed E-state index contributed by atoms with van der Waals surface area (Å²) in [6.45, 7) is 0. The molecule has 0 amide bonds. The van der Waals surface area contributed by atoms with Crippen LogP contribution < -0.4 is 0 Å². The van der Waals surface area contributed by atoms with Crippen LogP contribution in [-0.2, 0) is 0 Å². The summed E-state index contributed by atoms with van der Waals surface area (Å²) in [6.07, 6.45) is 4.39. The van der Waals surface area contributed by atoms with E-state index in [0.717, 1.165) is 0 Å². The summed E-state index contributed by atoms with van der Waals surface area (Å²) in [5, 5.41) is 8.83. The van der Waals surface area contributed by atoms with Crippen molar-refractivity contribution in [1.82, 2.24) is 15.0 Å². The van der Waals surface area contributed by atoms with Gasteiger partial charge in [-0.3, -0.25) is 9.78 Å². The molecule has 2 rings (SSSR count). The van der Waals surface area contributed by atoms with Gasteiger partial charge in [0.15, 0.2) is 0 Å². The lowest BCUT2D eigenvalue weighted by molar-refractivity contribution is 0.102. The third kappa shape index (κ3) is 1.77. The molecule has 2 aromatic heterocycles. The van der Waals surface area contributed by atoms with Gasteiger partial charge >= 0.3 is 0 Å². The molecule has 0 aliphatic heterocycles. The van der Waals surface area contributed by atoms with Crippen LogP contribution in [0.4, 0.5) is 0 Å². The van der Waals surface area contributed by atoms with E-state index in [-0.39, 0.29) is 17.1 Å². The van der Waals surface area contributed by atoms with Crippen molar-refractivity contribution in [1.29, 1.82) is 5.26 Å². The van der Waals surface area contributed by atoms with Gasteiger partial charge in [0.2, 0.25) is 11.6 Å². The highest BCUT2D eigenvalue weighted by atomic mass is 16.1. The Bertz CT molecular complexity index is 560. The lowest BCUT2D eigenvalue weighted by atomic mass is 10.1. The van der Waals surface area contributed by atoms with E-state index in [9.17, 15) is 4.79 Å². The second-order valence-corrected chi connectivity index (χ2v) is 2.91. The van der Waals surface area contributed by atoms with Crippen LogP contribution in [0.15, 0.2) is 36.8 Å². The van der Waals surface area contributed by atoms with Gasteiger partial charge in [-0.15, -0.1) is 0 Å². The van der Waals surface area contributed by atoms with Gasteiger partial charge in [-0.25, -0.2) is 9.97 Å². The number of aromatic nitrogens is 3. The van der Waals surface area contributed by atoms with Crippen LogP contribution in [0.5, 0.6) is 0 Å². The van der Waals surface area contributed by atoms with E-state index in [2.05, 4.69) is 15.0 Å². The molecule has 2 heterocycles. The fourth-order valence-corrected chi connectivity index (χ4v) is 1.20. The van der Waals surface area contributed by atoms with Crippen LogP contribution in [0.25, 0.3) is 0 Å². The Balaban J connectivity index is 2.47. The molecule has 2 aromatic rings. The Hall–Kier alpha value is -2.61. The molecule has 5 nitrogen and oxygen atoms in total. The van der Waals surface area contributed by atoms with Crippen molar-refractivity contribution in [2.45, 2.75) is 0 Å². The molecule has 76 valence electrons. The van der Waals surface area contributed by atoms with E-state index in [4.69, 9.17) is 5.26 Å². The van der Waals surface area contributed by atoms with E-state index >= 15 is 0 Å². The van der Waals surface area contributed by atoms with Crippen molar-refractivity contribution in [3.05, 3.63) is 53.9 Å². The molecule has 0 aliphatic carbocycles. The first-order valence-electron chi connectivity index (χ1n) is 4.50. The number of hydrogen-bond acceptors (Lipinski definition) is 5. The molecule has 0 spiro atoms. The van der Waals surface area contributed by atoms with Crippen molar-refractivity contribution in [2.24, 2.45) is 0 Å². The first-order chi connectivity index (χ1) is 7.83. The number of carbonyl (C=O) groups is 1. The summed E-state index contributed by atoms with van der Waals surface area (Å²) in [5.41, 5.74) is 0.302. The van der Waals surface area contributed by atoms with E-state index in [1.807, 2.05) is 6.07 Å². The number of nitriles is 1. The van der Waals surface area contributed by atoms with Crippen LogP contribution in [0.3, 0.4) is 0 Å². The molecule has 0 saturated heterocycles. The maximum Gasteiger partial charge on any atom is 0.249 e. The Morgan fingerprint density at radius 3 is 2.50 bits per heavy atom. The molecule has 5 heteroatoms. The van der Waals surface area contributed by atoms with Crippen LogP contribution in [0, 0.1) is 11.3 Å².